The number of imidazole rings is 1. The Hall–Kier alpha value is -1.69. The van der Waals surface area contributed by atoms with E-state index in [4.69, 9.17) is 4.98 Å². The minimum atomic E-state index is 0.191. The molecule has 0 amide bonds. The number of hydrogen-bond donors (Lipinski definition) is 2. The molecule has 0 saturated heterocycles. The smallest absolute Gasteiger partial charge is 0.191 e. The van der Waals surface area contributed by atoms with Crippen molar-refractivity contribution in [2.45, 2.75) is 31.9 Å². The molecular weight excluding hydrogens is 306 g/mol. The quantitative estimate of drug-likeness (QED) is 0.630. The second kappa shape index (κ2) is 7.73. The summed E-state index contributed by atoms with van der Waals surface area (Å²) < 4.78 is 2.27. The zero-order valence-corrected chi connectivity index (χ0v) is 15.5. The molecule has 0 fully saturated rings. The largest absolute Gasteiger partial charge is 0.356 e. The average molecular weight is 334 g/mol. The monoisotopic (exact) mass is 333 g/mol. The number of aryl methyl sites for hydroxylation is 1. The molecule has 0 radical (unpaired) electrons. The molecule has 23 heavy (non-hydrogen) atoms. The molecule has 0 saturated carbocycles. The summed E-state index contributed by atoms with van der Waals surface area (Å²) in [6, 6.07) is 4.13. The second-order valence-corrected chi connectivity index (χ2v) is 7.73. The van der Waals surface area contributed by atoms with Gasteiger partial charge in [-0.05, 0) is 38.7 Å². The second-order valence-electron chi connectivity index (χ2n) is 6.22. The number of aliphatic imine (C=N–C) groups is 1. The van der Waals surface area contributed by atoms with Crippen LogP contribution in [-0.4, -0.2) is 46.5 Å². The lowest BCUT2D eigenvalue weighted by atomic mass is 10.2. The van der Waals surface area contributed by atoms with Crippen molar-refractivity contribution in [1.82, 2.24) is 20.0 Å². The zero-order chi connectivity index (χ0) is 16.9. The van der Waals surface area contributed by atoms with Gasteiger partial charge in [0.1, 0.15) is 5.65 Å². The Bertz CT molecular complexity index is 675. The van der Waals surface area contributed by atoms with Gasteiger partial charge in [0.25, 0.3) is 0 Å². The normalized spacial score (nSPS) is 12.7. The Morgan fingerprint density at radius 1 is 1.39 bits per heavy atom. The van der Waals surface area contributed by atoms with E-state index in [0.717, 1.165) is 36.8 Å². The maximum atomic E-state index is 4.69. The molecule has 126 valence electrons. The maximum Gasteiger partial charge on any atom is 0.191 e. The van der Waals surface area contributed by atoms with Crippen LogP contribution in [0.2, 0.25) is 0 Å². The van der Waals surface area contributed by atoms with Crippen molar-refractivity contribution in [3.05, 3.63) is 35.8 Å². The van der Waals surface area contributed by atoms with Crippen LogP contribution in [0.15, 0.2) is 29.5 Å². The molecule has 0 aliphatic heterocycles. The van der Waals surface area contributed by atoms with E-state index in [1.54, 1.807) is 7.05 Å². The Labute approximate surface area is 143 Å². The van der Waals surface area contributed by atoms with Crippen LogP contribution in [0.4, 0.5) is 0 Å². The van der Waals surface area contributed by atoms with Gasteiger partial charge in [0.05, 0.1) is 5.69 Å². The first kappa shape index (κ1) is 17.7. The Morgan fingerprint density at radius 2 is 2.17 bits per heavy atom. The van der Waals surface area contributed by atoms with E-state index in [9.17, 15) is 0 Å². The summed E-state index contributed by atoms with van der Waals surface area (Å²) in [5.74, 6) is 0.840. The number of fused-ring (bicyclic) bond motifs is 1. The number of aromatic nitrogens is 2. The Morgan fingerprint density at radius 3 is 2.83 bits per heavy atom. The lowest BCUT2D eigenvalue weighted by Gasteiger charge is -2.23. The lowest BCUT2D eigenvalue weighted by Crippen LogP contribution is -2.43. The lowest BCUT2D eigenvalue weighted by molar-refractivity contribution is 0.663. The van der Waals surface area contributed by atoms with Gasteiger partial charge in [-0.1, -0.05) is 6.07 Å². The van der Waals surface area contributed by atoms with Gasteiger partial charge in [-0.25, -0.2) is 4.98 Å². The molecule has 2 N–H and O–H groups in total. The van der Waals surface area contributed by atoms with Crippen molar-refractivity contribution in [1.29, 1.82) is 0 Å². The van der Waals surface area contributed by atoms with Crippen molar-refractivity contribution in [2.24, 2.45) is 4.99 Å². The molecule has 5 nitrogen and oxygen atoms in total. The summed E-state index contributed by atoms with van der Waals surface area (Å²) in [6.07, 6.45) is 7.13. The standard InChI is InChI=1S/C17H27N5S/c1-13-7-6-10-22-11-14(21-15(13)22)8-9-19-16(18-4)20-12-17(2,3)23-5/h6-7,10-11H,8-9,12H2,1-5H3,(H2,18,19,20). The third-order valence-corrected chi connectivity index (χ3v) is 5.11. The topological polar surface area (TPSA) is 53.7 Å². The van der Waals surface area contributed by atoms with Crippen LogP contribution in [0, 0.1) is 6.92 Å². The van der Waals surface area contributed by atoms with Crippen molar-refractivity contribution in [3.63, 3.8) is 0 Å². The fraction of sp³-hybridized carbons (Fsp3) is 0.529. The summed E-state index contributed by atoms with van der Waals surface area (Å²) in [5, 5.41) is 6.73. The van der Waals surface area contributed by atoms with E-state index in [-0.39, 0.29) is 4.75 Å². The SMILES string of the molecule is CN=C(NCCc1cn2cccc(C)c2n1)NCC(C)(C)SC. The highest BCUT2D eigenvalue weighted by molar-refractivity contribution is 7.99. The Kier molecular flexibility index (Phi) is 5.93. The van der Waals surface area contributed by atoms with Crippen molar-refractivity contribution in [2.75, 3.05) is 26.4 Å². The molecule has 2 heterocycles. The van der Waals surface area contributed by atoms with Gasteiger partial charge in [0.15, 0.2) is 5.96 Å². The zero-order valence-electron chi connectivity index (χ0n) is 14.7. The minimum Gasteiger partial charge on any atom is -0.356 e. The average Bonchev–Trinajstić information content (AvgIpc) is 2.95. The van der Waals surface area contributed by atoms with Crippen LogP contribution in [0.3, 0.4) is 0 Å². The molecule has 2 aromatic heterocycles. The van der Waals surface area contributed by atoms with Crippen LogP contribution in [0.5, 0.6) is 0 Å². The molecule has 0 bridgehead atoms. The predicted octanol–water partition coefficient (Wildman–Crippen LogP) is 2.49. The van der Waals surface area contributed by atoms with E-state index < -0.39 is 0 Å². The first-order chi connectivity index (χ1) is 10.9. The number of hydrogen-bond acceptors (Lipinski definition) is 3. The summed E-state index contributed by atoms with van der Waals surface area (Å²) in [5.41, 5.74) is 3.32. The molecular formula is C17H27N5S. The summed E-state index contributed by atoms with van der Waals surface area (Å²) in [6.45, 7) is 8.21. The number of nitrogens with zero attached hydrogens (tertiary/aromatic N) is 3. The third kappa shape index (κ3) is 4.89. The third-order valence-electron chi connectivity index (χ3n) is 3.86. The molecule has 0 spiro atoms. The highest BCUT2D eigenvalue weighted by atomic mass is 32.2. The molecule has 0 unspecified atom stereocenters. The summed E-state index contributed by atoms with van der Waals surface area (Å²) in [7, 11) is 1.80. The van der Waals surface area contributed by atoms with Crippen LogP contribution >= 0.6 is 11.8 Å². The number of guanidine groups is 1. The molecule has 0 aliphatic rings. The van der Waals surface area contributed by atoms with Crippen LogP contribution < -0.4 is 10.6 Å². The van der Waals surface area contributed by atoms with Crippen LogP contribution in [0.25, 0.3) is 5.65 Å². The highest BCUT2D eigenvalue weighted by Gasteiger charge is 2.16. The van der Waals surface area contributed by atoms with E-state index in [1.807, 2.05) is 24.0 Å². The van der Waals surface area contributed by atoms with E-state index >= 15 is 0 Å². The molecule has 0 atom stereocenters. The van der Waals surface area contributed by atoms with E-state index in [2.05, 4.69) is 59.3 Å². The fourth-order valence-electron chi connectivity index (χ4n) is 2.22. The van der Waals surface area contributed by atoms with E-state index in [1.165, 1.54) is 5.56 Å². The first-order valence-corrected chi connectivity index (χ1v) is 9.10. The fourth-order valence-corrected chi connectivity index (χ4v) is 2.44. The van der Waals surface area contributed by atoms with Gasteiger partial charge in [0.2, 0.25) is 0 Å². The minimum absolute atomic E-state index is 0.191. The van der Waals surface area contributed by atoms with Crippen molar-refractivity contribution < 1.29 is 0 Å². The van der Waals surface area contributed by atoms with Gasteiger partial charge >= 0.3 is 0 Å². The molecule has 0 aliphatic carbocycles. The van der Waals surface area contributed by atoms with E-state index in [0.29, 0.717) is 0 Å². The molecule has 0 aromatic carbocycles. The van der Waals surface area contributed by atoms with Crippen LogP contribution in [-0.2, 0) is 6.42 Å². The van der Waals surface area contributed by atoms with Gasteiger partial charge in [-0.15, -0.1) is 0 Å². The number of rotatable bonds is 6. The molecule has 2 rings (SSSR count). The Balaban J connectivity index is 1.86. The first-order valence-electron chi connectivity index (χ1n) is 7.88. The van der Waals surface area contributed by atoms with Crippen LogP contribution in [0.1, 0.15) is 25.1 Å². The summed E-state index contributed by atoms with van der Waals surface area (Å²) in [4.78, 5) is 8.97. The maximum absolute atomic E-state index is 4.69. The number of nitrogens with one attached hydrogen (secondary N) is 2. The van der Waals surface area contributed by atoms with Gasteiger partial charge in [-0.3, -0.25) is 4.99 Å². The number of pyridine rings is 1. The van der Waals surface area contributed by atoms with Gasteiger partial charge in [-0.2, -0.15) is 11.8 Å². The highest BCUT2D eigenvalue weighted by Crippen LogP contribution is 2.19. The van der Waals surface area contributed by atoms with Crippen molar-refractivity contribution in [3.8, 4) is 0 Å². The molecule has 2 aromatic rings. The van der Waals surface area contributed by atoms with Gasteiger partial charge in [0, 0.05) is 43.7 Å². The van der Waals surface area contributed by atoms with Gasteiger partial charge < -0.3 is 15.0 Å². The molecule has 6 heteroatoms. The summed E-state index contributed by atoms with van der Waals surface area (Å²) >= 11 is 1.85. The van der Waals surface area contributed by atoms with Crippen molar-refractivity contribution >= 4 is 23.4 Å². The number of thioether (sulfide) groups is 1. The predicted molar refractivity (Wildman–Crippen MR) is 101 cm³/mol.